The predicted octanol–water partition coefficient (Wildman–Crippen LogP) is 3.73. The number of rotatable bonds is 9. The van der Waals surface area contributed by atoms with Crippen molar-refractivity contribution in [3.8, 4) is 0 Å². The minimum atomic E-state index is -0.264. The summed E-state index contributed by atoms with van der Waals surface area (Å²) in [5.41, 5.74) is 2.11. The van der Waals surface area contributed by atoms with Crippen LogP contribution in [-0.2, 0) is 11.3 Å². The van der Waals surface area contributed by atoms with Gasteiger partial charge in [0.05, 0.1) is 19.2 Å². The Morgan fingerprint density at radius 1 is 1.26 bits per heavy atom. The second-order valence-corrected chi connectivity index (χ2v) is 7.99. The first-order chi connectivity index (χ1) is 13.2. The quantitative estimate of drug-likeness (QED) is 0.686. The van der Waals surface area contributed by atoms with Crippen molar-refractivity contribution >= 4 is 17.2 Å². The lowest BCUT2D eigenvalue weighted by atomic mass is 9.91. The van der Waals surface area contributed by atoms with Gasteiger partial charge in [-0.05, 0) is 58.8 Å². The van der Waals surface area contributed by atoms with Crippen LogP contribution in [-0.4, -0.2) is 35.6 Å². The number of hydrogen-bond donors (Lipinski definition) is 2. The smallest absolute Gasteiger partial charge is 0.234 e. The molecule has 6 heteroatoms. The topological polar surface area (TPSA) is 52.6 Å². The van der Waals surface area contributed by atoms with Crippen LogP contribution in [0.1, 0.15) is 42.9 Å². The summed E-state index contributed by atoms with van der Waals surface area (Å²) in [5.74, 6) is 0.0719. The van der Waals surface area contributed by atoms with E-state index in [4.69, 9.17) is 0 Å². The molecule has 27 heavy (non-hydrogen) atoms. The molecule has 0 saturated heterocycles. The van der Waals surface area contributed by atoms with Crippen molar-refractivity contribution in [2.24, 2.45) is 5.92 Å². The number of hydrogen-bond acceptors (Lipinski definition) is 4. The lowest BCUT2D eigenvalue weighted by Gasteiger charge is -2.27. The van der Waals surface area contributed by atoms with Crippen LogP contribution >= 0.6 is 11.3 Å². The fraction of sp³-hybridized carbons (Fsp3) is 0.476. The highest BCUT2D eigenvalue weighted by Gasteiger charge is 2.28. The summed E-state index contributed by atoms with van der Waals surface area (Å²) in [6.07, 6.45) is 4.51. The minimum absolute atomic E-state index is 0.0153. The average molecular weight is 391 g/mol. The Balaban J connectivity index is 1.66. The molecule has 1 atom stereocenters. The van der Waals surface area contributed by atoms with E-state index in [9.17, 15) is 14.3 Å². The summed E-state index contributed by atoms with van der Waals surface area (Å²) < 4.78 is 13.3. The summed E-state index contributed by atoms with van der Waals surface area (Å²) in [7, 11) is 0. The number of aliphatic hydroxyl groups excluding tert-OH is 1. The number of amides is 1. The molecule has 1 unspecified atom stereocenters. The van der Waals surface area contributed by atoms with Gasteiger partial charge >= 0.3 is 0 Å². The van der Waals surface area contributed by atoms with Crippen LogP contribution < -0.4 is 5.32 Å². The van der Waals surface area contributed by atoms with E-state index in [2.05, 4.69) is 10.7 Å². The molecular formula is C21H27FN2O2S. The van der Waals surface area contributed by atoms with Crippen LogP contribution in [0.5, 0.6) is 0 Å². The molecule has 0 spiro atoms. The summed E-state index contributed by atoms with van der Waals surface area (Å²) in [6, 6.07) is 8.41. The number of aliphatic hydroxyl groups is 1. The van der Waals surface area contributed by atoms with E-state index in [1.807, 2.05) is 16.3 Å². The first-order valence-corrected chi connectivity index (χ1v) is 10.5. The largest absolute Gasteiger partial charge is 0.395 e. The van der Waals surface area contributed by atoms with Crippen molar-refractivity contribution in [1.82, 2.24) is 10.2 Å². The normalized spacial score (nSPS) is 16.0. The summed E-state index contributed by atoms with van der Waals surface area (Å²) in [5, 5.41) is 16.6. The average Bonchev–Trinajstić information content (AvgIpc) is 3.35. The van der Waals surface area contributed by atoms with E-state index in [-0.39, 0.29) is 30.9 Å². The summed E-state index contributed by atoms with van der Waals surface area (Å²) >= 11 is 1.62. The van der Waals surface area contributed by atoms with Gasteiger partial charge in [-0.3, -0.25) is 9.69 Å². The second kappa shape index (κ2) is 9.97. The number of thiophene rings is 1. The van der Waals surface area contributed by atoms with Gasteiger partial charge in [0.2, 0.25) is 5.91 Å². The van der Waals surface area contributed by atoms with Gasteiger partial charge in [-0.1, -0.05) is 25.0 Å². The van der Waals surface area contributed by atoms with E-state index in [0.717, 1.165) is 24.0 Å². The van der Waals surface area contributed by atoms with Crippen molar-refractivity contribution in [3.05, 3.63) is 58.0 Å². The molecule has 1 fully saturated rings. The molecule has 3 rings (SSSR count). The lowest BCUT2D eigenvalue weighted by Crippen LogP contribution is -2.41. The fourth-order valence-corrected chi connectivity index (χ4v) is 4.51. The van der Waals surface area contributed by atoms with Gasteiger partial charge in [-0.2, -0.15) is 11.3 Å². The highest BCUT2D eigenvalue weighted by atomic mass is 32.1. The van der Waals surface area contributed by atoms with Crippen LogP contribution in [0.25, 0.3) is 0 Å². The van der Waals surface area contributed by atoms with Gasteiger partial charge < -0.3 is 10.4 Å². The predicted molar refractivity (Wildman–Crippen MR) is 106 cm³/mol. The zero-order chi connectivity index (χ0) is 19.1. The molecule has 1 heterocycles. The van der Waals surface area contributed by atoms with Gasteiger partial charge in [0.1, 0.15) is 5.82 Å². The molecule has 2 aromatic rings. The second-order valence-electron chi connectivity index (χ2n) is 7.21. The molecule has 0 aliphatic heterocycles. The number of carbonyl (C=O) groups is 1. The maximum Gasteiger partial charge on any atom is 0.234 e. The summed E-state index contributed by atoms with van der Waals surface area (Å²) in [4.78, 5) is 14.7. The van der Waals surface area contributed by atoms with Gasteiger partial charge in [0, 0.05) is 13.1 Å². The fourth-order valence-electron chi connectivity index (χ4n) is 3.85. The number of halogens is 1. The molecule has 1 aromatic heterocycles. The molecule has 2 N–H and O–H groups in total. The molecule has 1 aliphatic carbocycles. The minimum Gasteiger partial charge on any atom is -0.395 e. The Kier molecular flexibility index (Phi) is 7.38. The van der Waals surface area contributed by atoms with E-state index < -0.39 is 0 Å². The highest BCUT2D eigenvalue weighted by molar-refractivity contribution is 7.07. The molecular weight excluding hydrogens is 363 g/mol. The van der Waals surface area contributed by atoms with Crippen molar-refractivity contribution in [2.45, 2.75) is 38.3 Å². The zero-order valence-corrected chi connectivity index (χ0v) is 16.3. The van der Waals surface area contributed by atoms with E-state index >= 15 is 0 Å². The number of benzene rings is 1. The highest BCUT2D eigenvalue weighted by Crippen LogP contribution is 2.35. The van der Waals surface area contributed by atoms with Gasteiger partial charge in [0.25, 0.3) is 0 Å². The van der Waals surface area contributed by atoms with Crippen LogP contribution in [0.3, 0.4) is 0 Å². The lowest BCUT2D eigenvalue weighted by molar-refractivity contribution is -0.123. The van der Waals surface area contributed by atoms with Crippen molar-refractivity contribution in [2.75, 3.05) is 19.7 Å². The Hall–Kier alpha value is -1.76. The van der Waals surface area contributed by atoms with Gasteiger partial charge in [0.15, 0.2) is 0 Å². The first-order valence-electron chi connectivity index (χ1n) is 9.55. The zero-order valence-electron chi connectivity index (χ0n) is 15.4. The molecule has 4 nitrogen and oxygen atoms in total. The standard InChI is InChI=1S/C21H27FN2O2S/c22-19-7-5-18(6-8-19)21(17-3-1-2-4-17)23-20(26)14-24(10-11-25)13-16-9-12-27-15-16/h5-9,12,15,17,21,25H,1-4,10-11,13-14H2,(H,23,26). The molecule has 1 aliphatic rings. The van der Waals surface area contributed by atoms with Crippen molar-refractivity contribution in [1.29, 1.82) is 0 Å². The number of carbonyl (C=O) groups excluding carboxylic acids is 1. The Bertz CT molecular complexity index is 699. The van der Waals surface area contributed by atoms with Gasteiger partial charge in [-0.25, -0.2) is 4.39 Å². The number of nitrogens with zero attached hydrogens (tertiary/aromatic N) is 1. The summed E-state index contributed by atoms with van der Waals surface area (Å²) in [6.45, 7) is 1.35. The molecule has 0 radical (unpaired) electrons. The van der Waals surface area contributed by atoms with E-state index in [1.54, 1.807) is 23.5 Å². The monoisotopic (exact) mass is 390 g/mol. The molecule has 1 saturated carbocycles. The maximum absolute atomic E-state index is 13.3. The third kappa shape index (κ3) is 5.86. The van der Waals surface area contributed by atoms with Crippen molar-refractivity contribution in [3.63, 3.8) is 0 Å². The van der Waals surface area contributed by atoms with Crippen molar-refractivity contribution < 1.29 is 14.3 Å². The first kappa shape index (κ1) is 20.0. The molecule has 1 aromatic carbocycles. The van der Waals surface area contributed by atoms with Crippen LogP contribution in [0.4, 0.5) is 4.39 Å². The Labute approximate surface area is 164 Å². The maximum atomic E-state index is 13.3. The molecule has 1 amide bonds. The number of nitrogens with one attached hydrogen (secondary N) is 1. The van der Waals surface area contributed by atoms with Crippen LogP contribution in [0.15, 0.2) is 41.1 Å². The van der Waals surface area contributed by atoms with Crippen LogP contribution in [0.2, 0.25) is 0 Å². The SMILES string of the molecule is O=C(CN(CCO)Cc1ccsc1)NC(c1ccc(F)cc1)C1CCCC1. The third-order valence-corrected chi connectivity index (χ3v) is 5.92. The van der Waals surface area contributed by atoms with Gasteiger partial charge in [-0.15, -0.1) is 0 Å². The van der Waals surface area contributed by atoms with E-state index in [1.165, 1.54) is 25.0 Å². The Morgan fingerprint density at radius 2 is 2.00 bits per heavy atom. The Morgan fingerprint density at radius 3 is 2.63 bits per heavy atom. The third-order valence-electron chi connectivity index (χ3n) is 5.19. The molecule has 0 bridgehead atoms. The van der Waals surface area contributed by atoms with Crippen LogP contribution in [0, 0.1) is 11.7 Å². The van der Waals surface area contributed by atoms with E-state index in [0.29, 0.717) is 19.0 Å². The molecule has 146 valence electrons.